The van der Waals surface area contributed by atoms with Crippen LogP contribution in [-0.2, 0) is 5.88 Å². The summed E-state index contributed by atoms with van der Waals surface area (Å²) < 4.78 is 0. The lowest BCUT2D eigenvalue weighted by molar-refractivity contribution is 0.318. The molecule has 0 saturated heterocycles. The largest absolute Gasteiger partial charge is 0.371 e. The Hall–Kier alpha value is -0.400. The first-order valence-electron chi connectivity index (χ1n) is 6.34. The second-order valence-electron chi connectivity index (χ2n) is 4.74. The Kier molecular flexibility index (Phi) is 4.58. The van der Waals surface area contributed by atoms with Crippen LogP contribution in [0.15, 0.2) is 18.2 Å². The maximum Gasteiger partial charge on any atom is 0.0494 e. The summed E-state index contributed by atoms with van der Waals surface area (Å²) in [5.74, 6) is 1.41. The molecule has 0 amide bonds. The second kappa shape index (κ2) is 5.97. The van der Waals surface area contributed by atoms with Crippen molar-refractivity contribution in [1.29, 1.82) is 0 Å². The van der Waals surface area contributed by atoms with Crippen molar-refractivity contribution in [3.05, 3.63) is 28.8 Å². The normalized spacial score (nSPS) is 15.7. The van der Waals surface area contributed by atoms with Gasteiger partial charge < -0.3 is 4.90 Å². The lowest BCUT2D eigenvalue weighted by atomic mass is 9.85. The highest BCUT2D eigenvalue weighted by Gasteiger charge is 2.21. The fourth-order valence-corrected chi connectivity index (χ4v) is 2.72. The minimum atomic E-state index is 0.549. The van der Waals surface area contributed by atoms with E-state index in [1.165, 1.54) is 30.5 Å². The van der Waals surface area contributed by atoms with Crippen molar-refractivity contribution in [2.75, 3.05) is 18.0 Å². The molecule has 0 radical (unpaired) electrons. The minimum absolute atomic E-state index is 0.549. The monoisotopic (exact) mass is 271 g/mol. The van der Waals surface area contributed by atoms with E-state index >= 15 is 0 Å². The van der Waals surface area contributed by atoms with E-state index < -0.39 is 0 Å². The Bertz CT molecular complexity index is 374. The van der Waals surface area contributed by atoms with Crippen LogP contribution in [0.2, 0.25) is 5.02 Å². The zero-order chi connectivity index (χ0) is 12.3. The summed E-state index contributed by atoms with van der Waals surface area (Å²) in [6, 6.07) is 6.00. The molecule has 0 N–H and O–H groups in total. The van der Waals surface area contributed by atoms with Gasteiger partial charge in [0.1, 0.15) is 0 Å². The zero-order valence-corrected chi connectivity index (χ0v) is 11.8. The van der Waals surface area contributed by atoms with Crippen molar-refractivity contribution in [3.8, 4) is 0 Å². The van der Waals surface area contributed by atoms with Crippen LogP contribution in [0.25, 0.3) is 0 Å². The number of halogens is 2. The third kappa shape index (κ3) is 3.08. The quantitative estimate of drug-likeness (QED) is 0.702. The molecule has 1 aromatic rings. The van der Waals surface area contributed by atoms with Gasteiger partial charge in [-0.2, -0.15) is 0 Å². The first-order chi connectivity index (χ1) is 8.24. The Morgan fingerprint density at radius 2 is 2.12 bits per heavy atom. The van der Waals surface area contributed by atoms with Gasteiger partial charge in [-0.15, -0.1) is 11.6 Å². The Balaban J connectivity index is 2.18. The molecule has 17 heavy (non-hydrogen) atoms. The molecule has 0 heterocycles. The number of nitrogens with zero attached hydrogens (tertiary/aromatic N) is 1. The van der Waals surface area contributed by atoms with E-state index in [1.54, 1.807) is 0 Å². The summed E-state index contributed by atoms with van der Waals surface area (Å²) in [5, 5.41) is 0.793. The highest BCUT2D eigenvalue weighted by molar-refractivity contribution is 6.31. The summed E-state index contributed by atoms with van der Waals surface area (Å²) in [7, 11) is 0. The fraction of sp³-hybridized carbons (Fsp3) is 0.571. The number of anilines is 1. The van der Waals surface area contributed by atoms with Crippen LogP contribution >= 0.6 is 23.2 Å². The van der Waals surface area contributed by atoms with E-state index in [0.717, 1.165) is 24.0 Å². The number of hydrogen-bond acceptors (Lipinski definition) is 1. The van der Waals surface area contributed by atoms with E-state index in [0.29, 0.717) is 5.88 Å². The Labute approximate surface area is 114 Å². The average molecular weight is 272 g/mol. The van der Waals surface area contributed by atoms with Gasteiger partial charge in [0.15, 0.2) is 0 Å². The van der Waals surface area contributed by atoms with E-state index in [4.69, 9.17) is 23.2 Å². The van der Waals surface area contributed by atoms with Crippen molar-refractivity contribution in [3.63, 3.8) is 0 Å². The summed E-state index contributed by atoms with van der Waals surface area (Å²) in [6.07, 6.45) is 4.13. The van der Waals surface area contributed by atoms with E-state index in [-0.39, 0.29) is 0 Å². The maximum absolute atomic E-state index is 6.09. The summed E-state index contributed by atoms with van der Waals surface area (Å²) in [4.78, 5) is 2.41. The molecule has 0 spiro atoms. The molecule has 1 aliphatic carbocycles. The fourth-order valence-electron chi connectivity index (χ4n) is 2.33. The topological polar surface area (TPSA) is 3.24 Å². The number of alkyl halides is 1. The van der Waals surface area contributed by atoms with Gasteiger partial charge in [0, 0.05) is 29.7 Å². The van der Waals surface area contributed by atoms with Gasteiger partial charge in [0.05, 0.1) is 0 Å². The molecule has 1 aliphatic rings. The zero-order valence-electron chi connectivity index (χ0n) is 10.3. The first kappa shape index (κ1) is 13.0. The molecule has 0 atom stereocenters. The van der Waals surface area contributed by atoms with E-state index in [9.17, 15) is 0 Å². The molecule has 2 rings (SSSR count). The van der Waals surface area contributed by atoms with Gasteiger partial charge in [-0.25, -0.2) is 0 Å². The van der Waals surface area contributed by atoms with Crippen LogP contribution in [0.1, 0.15) is 31.7 Å². The van der Waals surface area contributed by atoms with Crippen LogP contribution in [-0.4, -0.2) is 13.1 Å². The standard InChI is InChI=1S/C14H19Cl2N/c1-2-17(10-11-4-3-5-11)14-8-13(16)7-6-12(14)9-15/h6-8,11H,2-5,9-10H2,1H3. The molecule has 0 bridgehead atoms. The molecule has 3 heteroatoms. The van der Waals surface area contributed by atoms with E-state index in [1.807, 2.05) is 18.2 Å². The molecular weight excluding hydrogens is 253 g/mol. The smallest absolute Gasteiger partial charge is 0.0494 e. The third-order valence-electron chi connectivity index (χ3n) is 3.62. The summed E-state index contributed by atoms with van der Waals surface area (Å²) in [6.45, 7) is 4.35. The van der Waals surface area contributed by atoms with Crippen LogP contribution in [0.4, 0.5) is 5.69 Å². The highest BCUT2D eigenvalue weighted by Crippen LogP contribution is 2.31. The average Bonchev–Trinajstić information content (AvgIpc) is 2.28. The molecule has 0 aromatic heterocycles. The van der Waals surface area contributed by atoms with Crippen molar-refractivity contribution in [2.24, 2.45) is 5.92 Å². The van der Waals surface area contributed by atoms with Crippen LogP contribution < -0.4 is 4.90 Å². The van der Waals surface area contributed by atoms with E-state index in [2.05, 4.69) is 11.8 Å². The van der Waals surface area contributed by atoms with Crippen LogP contribution in [0.5, 0.6) is 0 Å². The number of hydrogen-bond donors (Lipinski definition) is 0. The molecule has 1 fully saturated rings. The molecule has 1 saturated carbocycles. The SMILES string of the molecule is CCN(CC1CCC1)c1cc(Cl)ccc1CCl. The predicted octanol–water partition coefficient (Wildman–Crippen LogP) is 4.71. The van der Waals surface area contributed by atoms with Crippen LogP contribution in [0.3, 0.4) is 0 Å². The van der Waals surface area contributed by atoms with Crippen molar-refractivity contribution in [2.45, 2.75) is 32.1 Å². The third-order valence-corrected chi connectivity index (χ3v) is 4.14. The maximum atomic E-state index is 6.09. The molecule has 94 valence electrons. The summed E-state index contributed by atoms with van der Waals surface area (Å²) in [5.41, 5.74) is 2.39. The van der Waals surface area contributed by atoms with Crippen molar-refractivity contribution in [1.82, 2.24) is 0 Å². The Morgan fingerprint density at radius 3 is 2.65 bits per heavy atom. The lowest BCUT2D eigenvalue weighted by Gasteiger charge is -2.34. The molecule has 0 aliphatic heterocycles. The molecule has 1 nitrogen and oxygen atoms in total. The molecule has 0 unspecified atom stereocenters. The van der Waals surface area contributed by atoms with Crippen molar-refractivity contribution < 1.29 is 0 Å². The van der Waals surface area contributed by atoms with Gasteiger partial charge in [-0.1, -0.05) is 24.1 Å². The number of rotatable bonds is 5. The molecular formula is C14H19Cl2N. The van der Waals surface area contributed by atoms with Gasteiger partial charge in [0.25, 0.3) is 0 Å². The Morgan fingerprint density at radius 1 is 1.35 bits per heavy atom. The predicted molar refractivity (Wildman–Crippen MR) is 76.2 cm³/mol. The second-order valence-corrected chi connectivity index (χ2v) is 5.45. The van der Waals surface area contributed by atoms with Gasteiger partial charge in [-0.05, 0) is 43.4 Å². The van der Waals surface area contributed by atoms with Gasteiger partial charge in [0.2, 0.25) is 0 Å². The first-order valence-corrected chi connectivity index (χ1v) is 7.25. The van der Waals surface area contributed by atoms with Crippen molar-refractivity contribution >= 4 is 28.9 Å². The van der Waals surface area contributed by atoms with Gasteiger partial charge in [-0.3, -0.25) is 0 Å². The van der Waals surface area contributed by atoms with Gasteiger partial charge >= 0.3 is 0 Å². The number of benzene rings is 1. The highest BCUT2D eigenvalue weighted by atomic mass is 35.5. The molecule has 1 aromatic carbocycles. The summed E-state index contributed by atoms with van der Waals surface area (Å²) >= 11 is 12.1. The minimum Gasteiger partial charge on any atom is -0.371 e. The van der Waals surface area contributed by atoms with Crippen LogP contribution in [0, 0.1) is 5.92 Å². The lowest BCUT2D eigenvalue weighted by Crippen LogP contribution is -2.33.